The highest BCUT2D eigenvalue weighted by Crippen LogP contribution is 2.18. The van der Waals surface area contributed by atoms with Gasteiger partial charge in [0.2, 0.25) is 0 Å². The Hall–Kier alpha value is -2.07. The lowest BCUT2D eigenvalue weighted by molar-refractivity contribution is 0.0697. The first-order chi connectivity index (χ1) is 9.06. The van der Waals surface area contributed by atoms with E-state index >= 15 is 0 Å². The number of hydrogen-bond acceptors (Lipinski definition) is 2. The molecule has 5 heteroatoms. The predicted molar refractivity (Wildman–Crippen MR) is 72.1 cm³/mol. The van der Waals surface area contributed by atoms with Crippen molar-refractivity contribution in [3.8, 4) is 0 Å². The van der Waals surface area contributed by atoms with Crippen LogP contribution in [-0.2, 0) is 6.54 Å². The highest BCUT2D eigenvalue weighted by molar-refractivity contribution is 6.30. The minimum Gasteiger partial charge on any atom is -0.478 e. The van der Waals surface area contributed by atoms with E-state index in [-0.39, 0.29) is 5.56 Å². The Morgan fingerprint density at radius 1 is 1.21 bits per heavy atom. The lowest BCUT2D eigenvalue weighted by atomic mass is 10.1. The van der Waals surface area contributed by atoms with Gasteiger partial charge in [-0.1, -0.05) is 23.7 Å². The van der Waals surface area contributed by atoms with E-state index in [1.165, 1.54) is 12.1 Å². The first-order valence-corrected chi connectivity index (χ1v) is 5.95. The molecule has 0 bridgehead atoms. The van der Waals surface area contributed by atoms with Crippen molar-refractivity contribution in [2.75, 3.05) is 5.32 Å². The minimum atomic E-state index is -1.17. The quantitative estimate of drug-likeness (QED) is 0.895. The summed E-state index contributed by atoms with van der Waals surface area (Å²) in [6, 6.07) is 10.8. The molecule has 19 heavy (non-hydrogen) atoms. The van der Waals surface area contributed by atoms with Gasteiger partial charge in [0.15, 0.2) is 0 Å². The van der Waals surface area contributed by atoms with Crippen LogP contribution in [0.5, 0.6) is 0 Å². The van der Waals surface area contributed by atoms with Gasteiger partial charge in [-0.3, -0.25) is 0 Å². The van der Waals surface area contributed by atoms with Gasteiger partial charge in [0, 0.05) is 17.3 Å². The van der Waals surface area contributed by atoms with Crippen LogP contribution in [0.4, 0.5) is 10.1 Å². The normalized spacial score (nSPS) is 10.2. The Labute approximate surface area is 114 Å². The van der Waals surface area contributed by atoms with Gasteiger partial charge < -0.3 is 10.4 Å². The smallest absolute Gasteiger partial charge is 0.337 e. The van der Waals surface area contributed by atoms with Crippen LogP contribution in [0.1, 0.15) is 15.9 Å². The lowest BCUT2D eigenvalue weighted by Crippen LogP contribution is -2.06. The lowest BCUT2D eigenvalue weighted by Gasteiger charge is -2.09. The maximum atomic E-state index is 13.0. The second kappa shape index (κ2) is 5.71. The Balaban J connectivity index is 2.15. The third-order valence-electron chi connectivity index (χ3n) is 2.61. The molecule has 0 amide bonds. The number of halogens is 2. The Morgan fingerprint density at radius 2 is 1.89 bits per heavy atom. The highest BCUT2D eigenvalue weighted by atomic mass is 35.5. The first kappa shape index (κ1) is 13.4. The SMILES string of the molecule is O=C(O)c1cc(F)ccc1NCc1ccc(Cl)cc1. The van der Waals surface area contributed by atoms with Gasteiger partial charge >= 0.3 is 5.97 Å². The predicted octanol–water partition coefficient (Wildman–Crippen LogP) is 3.79. The molecule has 0 aromatic heterocycles. The van der Waals surface area contributed by atoms with Crippen molar-refractivity contribution >= 4 is 23.3 Å². The van der Waals surface area contributed by atoms with Gasteiger partial charge in [-0.2, -0.15) is 0 Å². The fourth-order valence-electron chi connectivity index (χ4n) is 1.65. The highest BCUT2D eigenvalue weighted by Gasteiger charge is 2.10. The number of anilines is 1. The topological polar surface area (TPSA) is 49.3 Å². The molecule has 98 valence electrons. The zero-order chi connectivity index (χ0) is 13.8. The molecule has 2 rings (SSSR count). The molecule has 2 N–H and O–H groups in total. The van der Waals surface area contributed by atoms with Gasteiger partial charge in [-0.25, -0.2) is 9.18 Å². The molecule has 0 saturated carbocycles. The molecule has 0 aliphatic rings. The number of aromatic carboxylic acids is 1. The molecule has 3 nitrogen and oxygen atoms in total. The summed E-state index contributed by atoms with van der Waals surface area (Å²) in [4.78, 5) is 11.0. The molecule has 0 radical (unpaired) electrons. The summed E-state index contributed by atoms with van der Waals surface area (Å²) in [6.45, 7) is 0.434. The van der Waals surface area contributed by atoms with E-state index in [0.717, 1.165) is 11.6 Å². The van der Waals surface area contributed by atoms with Crippen LogP contribution in [0.25, 0.3) is 0 Å². The zero-order valence-electron chi connectivity index (χ0n) is 9.86. The Bertz CT molecular complexity index is 599. The summed E-state index contributed by atoms with van der Waals surface area (Å²) < 4.78 is 13.0. The molecule has 2 aromatic rings. The maximum absolute atomic E-state index is 13.0. The second-order valence-electron chi connectivity index (χ2n) is 3.98. The number of carboxylic acids is 1. The third-order valence-corrected chi connectivity index (χ3v) is 2.86. The van der Waals surface area contributed by atoms with Crippen LogP contribution in [0.2, 0.25) is 5.02 Å². The number of benzene rings is 2. The van der Waals surface area contributed by atoms with Gasteiger partial charge in [-0.05, 0) is 35.9 Å². The fourth-order valence-corrected chi connectivity index (χ4v) is 1.77. The molecule has 0 aliphatic carbocycles. The summed E-state index contributed by atoms with van der Waals surface area (Å²) in [6.07, 6.45) is 0. The van der Waals surface area contributed by atoms with Crippen LogP contribution in [0.15, 0.2) is 42.5 Å². The number of rotatable bonds is 4. The molecule has 0 saturated heterocycles. The summed E-state index contributed by atoms with van der Waals surface area (Å²) in [5, 5.41) is 12.6. The summed E-state index contributed by atoms with van der Waals surface area (Å²) in [5.41, 5.74) is 1.24. The van der Waals surface area contributed by atoms with Crippen molar-refractivity contribution in [3.63, 3.8) is 0 Å². The van der Waals surface area contributed by atoms with E-state index in [2.05, 4.69) is 5.32 Å². The summed E-state index contributed by atoms with van der Waals surface area (Å²) in [7, 11) is 0. The number of carbonyl (C=O) groups is 1. The van der Waals surface area contributed by atoms with E-state index < -0.39 is 11.8 Å². The Morgan fingerprint density at radius 3 is 2.53 bits per heavy atom. The van der Waals surface area contributed by atoms with Gasteiger partial charge in [0.25, 0.3) is 0 Å². The van der Waals surface area contributed by atoms with Crippen LogP contribution in [-0.4, -0.2) is 11.1 Å². The third kappa shape index (κ3) is 3.45. The molecule has 0 aliphatic heterocycles. The van der Waals surface area contributed by atoms with Crippen LogP contribution >= 0.6 is 11.6 Å². The van der Waals surface area contributed by atoms with Crippen molar-refractivity contribution in [1.29, 1.82) is 0 Å². The average Bonchev–Trinajstić information content (AvgIpc) is 2.39. The molecular weight excluding hydrogens is 269 g/mol. The van der Waals surface area contributed by atoms with Gasteiger partial charge in [-0.15, -0.1) is 0 Å². The van der Waals surface area contributed by atoms with Crippen molar-refractivity contribution in [3.05, 3.63) is 64.4 Å². The molecule has 2 aromatic carbocycles. The van der Waals surface area contributed by atoms with Gasteiger partial charge in [0.1, 0.15) is 5.82 Å². The van der Waals surface area contributed by atoms with Crippen LogP contribution < -0.4 is 5.32 Å². The average molecular weight is 280 g/mol. The Kier molecular flexibility index (Phi) is 4.02. The molecule has 0 unspecified atom stereocenters. The summed E-state index contributed by atoms with van der Waals surface area (Å²) >= 11 is 5.77. The van der Waals surface area contributed by atoms with Gasteiger partial charge in [0.05, 0.1) is 5.56 Å². The van der Waals surface area contributed by atoms with E-state index in [9.17, 15) is 9.18 Å². The number of nitrogens with one attached hydrogen (secondary N) is 1. The van der Waals surface area contributed by atoms with E-state index in [1.807, 2.05) is 12.1 Å². The van der Waals surface area contributed by atoms with E-state index in [4.69, 9.17) is 16.7 Å². The minimum absolute atomic E-state index is 0.0889. The van der Waals surface area contributed by atoms with Crippen molar-refractivity contribution < 1.29 is 14.3 Å². The van der Waals surface area contributed by atoms with Crippen molar-refractivity contribution in [2.24, 2.45) is 0 Å². The van der Waals surface area contributed by atoms with Crippen molar-refractivity contribution in [1.82, 2.24) is 0 Å². The van der Waals surface area contributed by atoms with E-state index in [0.29, 0.717) is 17.3 Å². The maximum Gasteiger partial charge on any atom is 0.337 e. The monoisotopic (exact) mass is 279 g/mol. The molecular formula is C14H11ClFNO2. The van der Waals surface area contributed by atoms with Crippen molar-refractivity contribution in [2.45, 2.75) is 6.54 Å². The molecule has 0 heterocycles. The number of hydrogen-bond donors (Lipinski definition) is 2. The standard InChI is InChI=1S/C14H11ClFNO2/c15-10-3-1-9(2-4-10)8-17-13-6-5-11(16)7-12(13)14(18)19/h1-7,17H,8H2,(H,18,19). The van der Waals surface area contributed by atoms with Crippen LogP contribution in [0.3, 0.4) is 0 Å². The number of carboxylic acid groups (broad SMARTS) is 1. The fraction of sp³-hybridized carbons (Fsp3) is 0.0714. The van der Waals surface area contributed by atoms with Crippen LogP contribution in [0, 0.1) is 5.82 Å². The first-order valence-electron chi connectivity index (χ1n) is 5.57. The molecule has 0 atom stereocenters. The second-order valence-corrected chi connectivity index (χ2v) is 4.41. The molecule has 0 fully saturated rings. The zero-order valence-corrected chi connectivity index (χ0v) is 10.6. The van der Waals surface area contributed by atoms with E-state index in [1.54, 1.807) is 12.1 Å². The molecule has 0 spiro atoms. The largest absolute Gasteiger partial charge is 0.478 e. The summed E-state index contributed by atoms with van der Waals surface area (Å²) in [5.74, 6) is -1.74.